The standard InChI is InChI=1S/C27H33NO4/c1-4-5-9-18-28-25(21-13-15-22(16-14-21)32-19(2)3)24(26(30)27(28)31)23(29)17-12-20-10-7-6-8-11-20/h6-8,10-11,13-16,19,25,30H,4-5,9,12,17-18H2,1-3H3. The van der Waals surface area contributed by atoms with Gasteiger partial charge in [-0.05, 0) is 49.9 Å². The molecule has 5 heteroatoms. The lowest BCUT2D eigenvalue weighted by atomic mass is 9.93. The maximum absolute atomic E-state index is 13.2. The zero-order valence-electron chi connectivity index (χ0n) is 19.2. The number of hydrogen-bond acceptors (Lipinski definition) is 4. The minimum Gasteiger partial charge on any atom is -0.503 e. The van der Waals surface area contributed by atoms with E-state index in [0.717, 1.165) is 36.1 Å². The van der Waals surface area contributed by atoms with Crippen molar-refractivity contribution in [1.29, 1.82) is 0 Å². The van der Waals surface area contributed by atoms with Crippen LogP contribution >= 0.6 is 0 Å². The van der Waals surface area contributed by atoms with Gasteiger partial charge in [0.15, 0.2) is 11.5 Å². The number of ether oxygens (including phenoxy) is 1. The van der Waals surface area contributed by atoms with E-state index in [1.54, 1.807) is 4.90 Å². The van der Waals surface area contributed by atoms with E-state index in [2.05, 4.69) is 6.92 Å². The van der Waals surface area contributed by atoms with Crippen LogP contribution in [0.25, 0.3) is 0 Å². The third-order valence-corrected chi connectivity index (χ3v) is 5.66. The molecular weight excluding hydrogens is 402 g/mol. The molecule has 0 spiro atoms. The molecule has 2 aromatic rings. The van der Waals surface area contributed by atoms with Gasteiger partial charge in [0.25, 0.3) is 5.91 Å². The summed E-state index contributed by atoms with van der Waals surface area (Å²) >= 11 is 0. The number of carbonyl (C=O) groups is 2. The van der Waals surface area contributed by atoms with E-state index < -0.39 is 17.7 Å². The van der Waals surface area contributed by atoms with Crippen LogP contribution in [-0.2, 0) is 16.0 Å². The Morgan fingerprint density at radius 1 is 1.06 bits per heavy atom. The largest absolute Gasteiger partial charge is 0.503 e. The number of aryl methyl sites for hydroxylation is 1. The summed E-state index contributed by atoms with van der Waals surface area (Å²) in [7, 11) is 0. The zero-order valence-corrected chi connectivity index (χ0v) is 19.2. The van der Waals surface area contributed by atoms with Crippen molar-refractivity contribution in [2.75, 3.05) is 6.54 Å². The number of nitrogens with zero attached hydrogens (tertiary/aromatic N) is 1. The Bertz CT molecular complexity index is 947. The van der Waals surface area contributed by atoms with Gasteiger partial charge in [0.1, 0.15) is 5.75 Å². The number of ketones is 1. The van der Waals surface area contributed by atoms with Crippen LogP contribution < -0.4 is 4.74 Å². The van der Waals surface area contributed by atoms with Crippen molar-refractivity contribution in [3.63, 3.8) is 0 Å². The van der Waals surface area contributed by atoms with Crippen LogP contribution in [0.15, 0.2) is 65.9 Å². The van der Waals surface area contributed by atoms with Gasteiger partial charge in [-0.1, -0.05) is 62.2 Å². The zero-order chi connectivity index (χ0) is 23.1. The third-order valence-electron chi connectivity index (χ3n) is 5.66. The fourth-order valence-electron chi connectivity index (χ4n) is 4.09. The van der Waals surface area contributed by atoms with Gasteiger partial charge in [-0.25, -0.2) is 0 Å². The Kier molecular flexibility index (Phi) is 8.09. The molecule has 0 saturated heterocycles. The van der Waals surface area contributed by atoms with Gasteiger partial charge in [-0.2, -0.15) is 0 Å². The maximum atomic E-state index is 13.2. The number of Topliss-reactive ketones (excluding diaryl/α,β-unsaturated/α-hetero) is 1. The number of aliphatic hydroxyl groups excluding tert-OH is 1. The van der Waals surface area contributed by atoms with Crippen molar-refractivity contribution in [1.82, 2.24) is 4.90 Å². The number of amides is 1. The lowest BCUT2D eigenvalue weighted by Gasteiger charge is -2.27. The summed E-state index contributed by atoms with van der Waals surface area (Å²) < 4.78 is 5.73. The van der Waals surface area contributed by atoms with Crippen molar-refractivity contribution < 1.29 is 19.4 Å². The summed E-state index contributed by atoms with van der Waals surface area (Å²) in [4.78, 5) is 27.8. The molecule has 1 atom stereocenters. The molecule has 1 heterocycles. The van der Waals surface area contributed by atoms with E-state index in [9.17, 15) is 14.7 Å². The number of aliphatic hydroxyl groups is 1. The minimum absolute atomic E-state index is 0.0542. The van der Waals surface area contributed by atoms with Gasteiger partial charge < -0.3 is 14.7 Å². The molecule has 170 valence electrons. The monoisotopic (exact) mass is 435 g/mol. The van der Waals surface area contributed by atoms with Crippen LogP contribution in [0, 0.1) is 0 Å². The molecule has 0 bridgehead atoms. The first-order valence-electron chi connectivity index (χ1n) is 11.5. The Hall–Kier alpha value is -3.08. The molecule has 1 amide bonds. The van der Waals surface area contributed by atoms with E-state index in [1.165, 1.54) is 0 Å². The highest BCUT2D eigenvalue weighted by atomic mass is 16.5. The number of rotatable bonds is 11. The smallest absolute Gasteiger partial charge is 0.290 e. The number of unbranched alkanes of at least 4 members (excludes halogenated alkanes) is 2. The molecular formula is C27H33NO4. The Balaban J connectivity index is 1.87. The summed E-state index contributed by atoms with van der Waals surface area (Å²) in [6, 6.07) is 16.7. The van der Waals surface area contributed by atoms with Gasteiger partial charge >= 0.3 is 0 Å². The normalized spacial score (nSPS) is 16.2. The molecule has 2 aromatic carbocycles. The third kappa shape index (κ3) is 5.58. The van der Waals surface area contributed by atoms with Crippen molar-refractivity contribution >= 4 is 11.7 Å². The van der Waals surface area contributed by atoms with E-state index in [-0.39, 0.29) is 23.9 Å². The van der Waals surface area contributed by atoms with Gasteiger partial charge in [0.2, 0.25) is 0 Å². The van der Waals surface area contributed by atoms with E-state index in [1.807, 2.05) is 68.4 Å². The Labute approximate surface area is 190 Å². The van der Waals surface area contributed by atoms with Gasteiger partial charge in [-0.15, -0.1) is 0 Å². The predicted molar refractivity (Wildman–Crippen MR) is 126 cm³/mol. The predicted octanol–water partition coefficient (Wildman–Crippen LogP) is 5.56. The van der Waals surface area contributed by atoms with Crippen molar-refractivity contribution in [2.24, 2.45) is 0 Å². The fraction of sp³-hybridized carbons (Fsp3) is 0.407. The molecule has 3 rings (SSSR count). The second-order valence-corrected chi connectivity index (χ2v) is 8.51. The van der Waals surface area contributed by atoms with E-state index >= 15 is 0 Å². The van der Waals surface area contributed by atoms with Crippen LogP contribution in [0.2, 0.25) is 0 Å². The van der Waals surface area contributed by atoms with Gasteiger partial charge in [-0.3, -0.25) is 9.59 Å². The van der Waals surface area contributed by atoms with Gasteiger partial charge in [0.05, 0.1) is 17.7 Å². The highest BCUT2D eigenvalue weighted by molar-refractivity contribution is 6.09. The summed E-state index contributed by atoms with van der Waals surface area (Å²) in [6.07, 6.45) is 3.69. The number of benzene rings is 2. The van der Waals surface area contributed by atoms with E-state index in [4.69, 9.17) is 4.74 Å². The van der Waals surface area contributed by atoms with Crippen molar-refractivity contribution in [3.8, 4) is 5.75 Å². The maximum Gasteiger partial charge on any atom is 0.290 e. The fourth-order valence-corrected chi connectivity index (χ4v) is 4.09. The molecule has 1 N–H and O–H groups in total. The van der Waals surface area contributed by atoms with Crippen molar-refractivity contribution in [2.45, 2.75) is 65.0 Å². The van der Waals surface area contributed by atoms with Crippen LogP contribution in [0.4, 0.5) is 0 Å². The summed E-state index contributed by atoms with van der Waals surface area (Å²) in [6.45, 7) is 6.53. The number of hydrogen-bond donors (Lipinski definition) is 1. The van der Waals surface area contributed by atoms with Crippen LogP contribution in [-0.4, -0.2) is 34.3 Å². The molecule has 0 aromatic heterocycles. The SMILES string of the molecule is CCCCCN1C(=O)C(O)=C(C(=O)CCc2ccccc2)C1c1ccc(OC(C)C)cc1. The first kappa shape index (κ1) is 23.6. The highest BCUT2D eigenvalue weighted by Gasteiger charge is 2.42. The lowest BCUT2D eigenvalue weighted by Crippen LogP contribution is -2.32. The van der Waals surface area contributed by atoms with Crippen LogP contribution in [0.1, 0.15) is 63.6 Å². The molecule has 0 radical (unpaired) electrons. The van der Waals surface area contributed by atoms with Crippen molar-refractivity contribution in [3.05, 3.63) is 77.1 Å². The summed E-state index contributed by atoms with van der Waals surface area (Å²) in [5.41, 5.74) is 2.06. The first-order chi connectivity index (χ1) is 15.4. The average Bonchev–Trinajstić information content (AvgIpc) is 3.03. The summed E-state index contributed by atoms with van der Waals surface area (Å²) in [5, 5.41) is 10.7. The molecule has 32 heavy (non-hydrogen) atoms. The van der Waals surface area contributed by atoms with Crippen LogP contribution in [0.3, 0.4) is 0 Å². The summed E-state index contributed by atoms with van der Waals surface area (Å²) in [5.74, 6) is -0.329. The molecule has 5 nitrogen and oxygen atoms in total. The molecule has 0 aliphatic carbocycles. The first-order valence-corrected chi connectivity index (χ1v) is 11.5. The second kappa shape index (κ2) is 11.0. The lowest BCUT2D eigenvalue weighted by molar-refractivity contribution is -0.129. The second-order valence-electron chi connectivity index (χ2n) is 8.51. The van der Waals surface area contributed by atoms with Gasteiger partial charge in [0, 0.05) is 13.0 Å². The molecule has 1 aliphatic rings. The molecule has 1 aliphatic heterocycles. The Morgan fingerprint density at radius 2 is 1.75 bits per heavy atom. The molecule has 0 saturated carbocycles. The van der Waals surface area contributed by atoms with Crippen LogP contribution in [0.5, 0.6) is 5.75 Å². The average molecular weight is 436 g/mol. The van der Waals surface area contributed by atoms with E-state index in [0.29, 0.717) is 13.0 Å². The Morgan fingerprint density at radius 3 is 2.38 bits per heavy atom. The topological polar surface area (TPSA) is 66.8 Å². The highest BCUT2D eigenvalue weighted by Crippen LogP contribution is 2.39. The molecule has 0 fully saturated rings. The number of carbonyl (C=O) groups excluding carboxylic acids is 2. The molecule has 1 unspecified atom stereocenters. The minimum atomic E-state index is -0.573. The quantitative estimate of drug-likeness (QED) is 0.469.